The molecule has 4 rings (SSSR count). The maximum absolute atomic E-state index is 13.4. The van der Waals surface area contributed by atoms with E-state index in [9.17, 15) is 36.2 Å². The number of aliphatic imine (C=N–C) groups is 1. The van der Waals surface area contributed by atoms with Gasteiger partial charge in [0.25, 0.3) is 5.24 Å². The van der Waals surface area contributed by atoms with Gasteiger partial charge in [0, 0.05) is 6.54 Å². The molecule has 2 N–H and O–H groups in total. The predicted molar refractivity (Wildman–Crippen MR) is 117 cm³/mol. The molecule has 0 bridgehead atoms. The first-order chi connectivity index (χ1) is 16.4. The standard InChI is InChI=1S/C22H23F6N3O3S/c23-21(24,25)14-2-1-13(15(8-14)22(26,27)28)9-31-5-3-12(4-6-31)7-18-19(30-20(33)35-18)29-16-10-34-11-17(16)32/h1-2,7-8,12,16-17,32H,3-6,9-11H2,(H,29,30,33)/b18-7-/t16-,17-/m0/s1. The summed E-state index contributed by atoms with van der Waals surface area (Å²) in [6.07, 6.45) is -7.40. The second-order valence-corrected chi connectivity index (χ2v) is 9.69. The SMILES string of the molecule is O=C1NC(=N[C@H]2COC[C@@H]2O)/C(=C/C2CCN(Cc3ccc(C(F)(F)F)cc3C(F)(F)F)CC2)S1. The summed E-state index contributed by atoms with van der Waals surface area (Å²) in [6, 6.07) is 1.27. The number of carbonyl (C=O) groups excluding carboxylic acids is 1. The van der Waals surface area contributed by atoms with Gasteiger partial charge < -0.3 is 15.2 Å². The minimum absolute atomic E-state index is 0.0473. The van der Waals surface area contributed by atoms with Gasteiger partial charge in [-0.15, -0.1) is 0 Å². The van der Waals surface area contributed by atoms with Crippen LogP contribution < -0.4 is 5.32 Å². The molecule has 0 spiro atoms. The summed E-state index contributed by atoms with van der Waals surface area (Å²) in [4.78, 5) is 18.7. The second-order valence-electron chi connectivity index (χ2n) is 8.68. The summed E-state index contributed by atoms with van der Waals surface area (Å²) in [7, 11) is 0. The maximum Gasteiger partial charge on any atom is 0.416 e. The first kappa shape index (κ1) is 26.0. The summed E-state index contributed by atoms with van der Waals surface area (Å²) >= 11 is 0.991. The Morgan fingerprint density at radius 1 is 1.14 bits per heavy atom. The second kappa shape index (κ2) is 10.1. The van der Waals surface area contributed by atoms with Crippen LogP contribution in [0.15, 0.2) is 34.2 Å². The molecular weight excluding hydrogens is 500 g/mol. The largest absolute Gasteiger partial charge is 0.416 e. The highest BCUT2D eigenvalue weighted by atomic mass is 32.2. The van der Waals surface area contributed by atoms with Crippen molar-refractivity contribution < 1.29 is 41.0 Å². The molecule has 1 aromatic carbocycles. The smallest absolute Gasteiger partial charge is 0.388 e. The molecule has 1 aromatic rings. The van der Waals surface area contributed by atoms with Crippen molar-refractivity contribution in [1.82, 2.24) is 10.2 Å². The third-order valence-corrected chi connectivity index (χ3v) is 6.97. The number of allylic oxidation sites excluding steroid dienone is 1. The van der Waals surface area contributed by atoms with E-state index in [4.69, 9.17) is 4.74 Å². The first-order valence-electron chi connectivity index (χ1n) is 10.9. The van der Waals surface area contributed by atoms with Crippen molar-refractivity contribution in [3.05, 3.63) is 45.9 Å². The van der Waals surface area contributed by atoms with Crippen LogP contribution in [0.3, 0.4) is 0 Å². The summed E-state index contributed by atoms with van der Waals surface area (Å²) < 4.78 is 84.2. The number of nitrogens with one attached hydrogen (secondary N) is 1. The lowest BCUT2D eigenvalue weighted by atomic mass is 9.95. The predicted octanol–water partition coefficient (Wildman–Crippen LogP) is 4.43. The fourth-order valence-electron chi connectivity index (χ4n) is 4.25. The van der Waals surface area contributed by atoms with Gasteiger partial charge in [-0.1, -0.05) is 12.1 Å². The van der Waals surface area contributed by atoms with Gasteiger partial charge in [0.05, 0.1) is 29.2 Å². The average molecular weight is 523 g/mol. The molecule has 192 valence electrons. The minimum atomic E-state index is -4.90. The number of piperidine rings is 1. The summed E-state index contributed by atoms with van der Waals surface area (Å²) in [5.74, 6) is 0.419. The fourth-order valence-corrected chi connectivity index (χ4v) is 5.06. The van der Waals surface area contributed by atoms with Crippen molar-refractivity contribution in [2.75, 3.05) is 26.3 Å². The Morgan fingerprint density at radius 3 is 2.46 bits per heavy atom. The number of nitrogens with zero attached hydrogens (tertiary/aromatic N) is 2. The number of amidine groups is 1. The Labute approximate surface area is 201 Å². The van der Waals surface area contributed by atoms with Crippen LogP contribution in [0.5, 0.6) is 0 Å². The van der Waals surface area contributed by atoms with Gasteiger partial charge in [0.15, 0.2) is 0 Å². The lowest BCUT2D eigenvalue weighted by molar-refractivity contribution is -0.143. The molecular formula is C22H23F6N3O3S. The fraction of sp³-hybridized carbons (Fsp3) is 0.545. The van der Waals surface area contributed by atoms with Crippen LogP contribution in [0.25, 0.3) is 0 Å². The van der Waals surface area contributed by atoms with Crippen molar-refractivity contribution >= 4 is 22.8 Å². The number of halogens is 6. The van der Waals surface area contributed by atoms with Crippen molar-refractivity contribution in [1.29, 1.82) is 0 Å². The lowest BCUT2D eigenvalue weighted by Crippen LogP contribution is -2.33. The number of likely N-dealkylation sites (tertiary alicyclic amines) is 1. The highest BCUT2D eigenvalue weighted by Gasteiger charge is 2.38. The number of amides is 1. The van der Waals surface area contributed by atoms with Crippen LogP contribution in [0.4, 0.5) is 31.1 Å². The molecule has 0 unspecified atom stereocenters. The van der Waals surface area contributed by atoms with Crippen LogP contribution in [0.2, 0.25) is 0 Å². The lowest BCUT2D eigenvalue weighted by Gasteiger charge is -2.31. The van der Waals surface area contributed by atoms with Gasteiger partial charge in [-0.2, -0.15) is 26.3 Å². The number of ether oxygens (including phenoxy) is 1. The third kappa shape index (κ3) is 6.38. The monoisotopic (exact) mass is 523 g/mol. The third-order valence-electron chi connectivity index (χ3n) is 6.13. The van der Waals surface area contributed by atoms with E-state index in [2.05, 4.69) is 10.3 Å². The highest BCUT2D eigenvalue weighted by Crippen LogP contribution is 2.38. The molecule has 0 aromatic heterocycles. The molecule has 35 heavy (non-hydrogen) atoms. The maximum atomic E-state index is 13.4. The zero-order valence-electron chi connectivity index (χ0n) is 18.3. The van der Waals surface area contributed by atoms with Gasteiger partial charge in [0.2, 0.25) is 0 Å². The van der Waals surface area contributed by atoms with Crippen molar-refractivity contribution in [2.24, 2.45) is 10.9 Å². The number of aliphatic hydroxyl groups excluding tert-OH is 1. The quantitative estimate of drug-likeness (QED) is 0.572. The Morgan fingerprint density at radius 2 is 1.86 bits per heavy atom. The number of aliphatic hydroxyl groups is 1. The van der Waals surface area contributed by atoms with Gasteiger partial charge in [0.1, 0.15) is 18.0 Å². The molecule has 3 heterocycles. The van der Waals surface area contributed by atoms with E-state index in [0.717, 1.165) is 17.8 Å². The molecule has 2 atom stereocenters. The van der Waals surface area contributed by atoms with E-state index in [-0.39, 0.29) is 42.5 Å². The Hall–Kier alpha value is -2.09. The van der Waals surface area contributed by atoms with E-state index in [1.54, 1.807) is 4.90 Å². The molecule has 0 saturated carbocycles. The average Bonchev–Trinajstić information content (AvgIpc) is 3.33. The number of alkyl halides is 6. The Kier molecular flexibility index (Phi) is 7.51. The van der Waals surface area contributed by atoms with E-state index in [1.807, 2.05) is 6.08 Å². The zero-order chi connectivity index (χ0) is 25.4. The molecule has 13 heteroatoms. The Bertz CT molecular complexity index is 1020. The van der Waals surface area contributed by atoms with E-state index in [1.165, 1.54) is 0 Å². The number of benzene rings is 1. The number of hydrogen-bond donors (Lipinski definition) is 2. The van der Waals surface area contributed by atoms with E-state index >= 15 is 0 Å². The van der Waals surface area contributed by atoms with Crippen molar-refractivity contribution in [3.63, 3.8) is 0 Å². The number of hydrogen-bond acceptors (Lipinski definition) is 6. The van der Waals surface area contributed by atoms with E-state index < -0.39 is 35.6 Å². The molecule has 3 aliphatic rings. The summed E-state index contributed by atoms with van der Waals surface area (Å²) in [5.41, 5.74) is -2.80. The summed E-state index contributed by atoms with van der Waals surface area (Å²) in [6.45, 7) is 1.20. The van der Waals surface area contributed by atoms with Gasteiger partial charge in [-0.3, -0.25) is 14.7 Å². The van der Waals surface area contributed by atoms with Gasteiger partial charge >= 0.3 is 12.4 Å². The molecule has 0 aliphatic carbocycles. The highest BCUT2D eigenvalue weighted by molar-refractivity contribution is 8.18. The molecule has 3 saturated heterocycles. The van der Waals surface area contributed by atoms with Crippen LogP contribution in [0, 0.1) is 5.92 Å². The zero-order valence-corrected chi connectivity index (χ0v) is 19.1. The van der Waals surface area contributed by atoms with E-state index in [0.29, 0.717) is 42.7 Å². The van der Waals surface area contributed by atoms with Crippen LogP contribution in [0.1, 0.15) is 29.5 Å². The van der Waals surface area contributed by atoms with Crippen LogP contribution in [-0.2, 0) is 23.6 Å². The van der Waals surface area contributed by atoms with Crippen molar-refractivity contribution in [2.45, 2.75) is 43.9 Å². The normalized spacial score (nSPS) is 27.2. The van der Waals surface area contributed by atoms with Crippen molar-refractivity contribution in [3.8, 4) is 0 Å². The molecule has 3 aliphatic heterocycles. The molecule has 0 radical (unpaired) electrons. The van der Waals surface area contributed by atoms with Gasteiger partial charge in [-0.05, 0) is 61.3 Å². The van der Waals surface area contributed by atoms with Crippen LogP contribution in [-0.4, -0.2) is 59.5 Å². The number of rotatable bonds is 4. The molecule has 6 nitrogen and oxygen atoms in total. The molecule has 3 fully saturated rings. The number of carbonyl (C=O) groups is 1. The van der Waals surface area contributed by atoms with Gasteiger partial charge in [-0.25, -0.2) is 0 Å². The summed E-state index contributed by atoms with van der Waals surface area (Å²) in [5, 5.41) is 12.3. The first-order valence-corrected chi connectivity index (χ1v) is 11.8. The topological polar surface area (TPSA) is 74.2 Å². The minimum Gasteiger partial charge on any atom is -0.388 e. The number of thioether (sulfide) groups is 1. The Balaban J connectivity index is 1.41. The van der Waals surface area contributed by atoms with Crippen LogP contribution >= 0.6 is 11.8 Å². The molecule has 1 amide bonds.